The van der Waals surface area contributed by atoms with E-state index in [1.807, 2.05) is 41.9 Å². The fraction of sp³-hybridized carbons (Fsp3) is 0.0833. The second kappa shape index (κ2) is 4.23. The monoisotopic (exact) mass is 257 g/mol. The predicted molar refractivity (Wildman–Crippen MR) is 71.6 cm³/mol. The highest BCUT2D eigenvalue weighted by Gasteiger charge is 2.13. The molecule has 0 bridgehead atoms. The van der Waals surface area contributed by atoms with E-state index < -0.39 is 0 Å². The average molecular weight is 257 g/mol. The maximum absolute atomic E-state index is 5.83. The van der Waals surface area contributed by atoms with Crippen molar-refractivity contribution in [2.24, 2.45) is 0 Å². The Morgan fingerprint density at radius 2 is 2.17 bits per heavy atom. The molecule has 0 amide bonds. The summed E-state index contributed by atoms with van der Waals surface area (Å²) in [5, 5.41) is 15.9. The first-order valence-electron chi connectivity index (χ1n) is 5.43. The number of hydrogen-bond acceptors (Lipinski definition) is 5. The molecule has 2 aromatic heterocycles. The maximum atomic E-state index is 5.83. The van der Waals surface area contributed by atoms with Gasteiger partial charge in [-0.15, -0.1) is 5.10 Å². The van der Waals surface area contributed by atoms with Gasteiger partial charge < -0.3 is 5.73 Å². The molecule has 0 unspecified atom stereocenters. The summed E-state index contributed by atoms with van der Waals surface area (Å²) in [6.07, 6.45) is 0. The van der Waals surface area contributed by atoms with Crippen molar-refractivity contribution in [3.05, 3.63) is 40.6 Å². The lowest BCUT2D eigenvalue weighted by molar-refractivity contribution is 0.793. The standard InChI is InChI=1S/C12H11N5S/c1-8-2-3-9(13)6-11(8)12-14-15-16-17(12)10-4-5-18-7-10/h2-7H,13H2,1H3. The van der Waals surface area contributed by atoms with Crippen molar-refractivity contribution < 1.29 is 0 Å². The molecule has 2 N–H and O–H groups in total. The van der Waals surface area contributed by atoms with Gasteiger partial charge in [-0.2, -0.15) is 16.0 Å². The summed E-state index contributed by atoms with van der Waals surface area (Å²) in [6, 6.07) is 7.71. The van der Waals surface area contributed by atoms with Crippen LogP contribution in [0, 0.1) is 6.92 Å². The molecule has 0 aliphatic heterocycles. The molecule has 1 aromatic carbocycles. The zero-order valence-corrected chi connectivity index (χ0v) is 10.6. The molecule has 0 saturated heterocycles. The number of anilines is 1. The van der Waals surface area contributed by atoms with E-state index in [9.17, 15) is 0 Å². The zero-order chi connectivity index (χ0) is 12.5. The van der Waals surface area contributed by atoms with Gasteiger partial charge in [0.2, 0.25) is 0 Å². The zero-order valence-electron chi connectivity index (χ0n) is 9.74. The Kier molecular flexibility index (Phi) is 2.56. The number of nitrogen functional groups attached to an aromatic ring is 1. The van der Waals surface area contributed by atoms with Gasteiger partial charge in [0.15, 0.2) is 5.82 Å². The highest BCUT2D eigenvalue weighted by molar-refractivity contribution is 7.08. The van der Waals surface area contributed by atoms with Crippen LogP contribution < -0.4 is 5.73 Å². The maximum Gasteiger partial charge on any atom is 0.187 e. The first-order chi connectivity index (χ1) is 8.75. The molecule has 0 aliphatic carbocycles. The summed E-state index contributed by atoms with van der Waals surface area (Å²) in [5.41, 5.74) is 9.53. The van der Waals surface area contributed by atoms with E-state index >= 15 is 0 Å². The van der Waals surface area contributed by atoms with Crippen LogP contribution in [0.3, 0.4) is 0 Å². The molecule has 0 spiro atoms. The van der Waals surface area contributed by atoms with Crippen molar-refractivity contribution in [1.29, 1.82) is 0 Å². The lowest BCUT2D eigenvalue weighted by Crippen LogP contribution is -2.00. The molecule has 0 saturated carbocycles. The first-order valence-corrected chi connectivity index (χ1v) is 6.37. The second-order valence-corrected chi connectivity index (χ2v) is 4.75. The number of aryl methyl sites for hydroxylation is 1. The van der Waals surface area contributed by atoms with Crippen LogP contribution in [0.15, 0.2) is 35.0 Å². The fourth-order valence-electron chi connectivity index (χ4n) is 1.79. The number of hydrogen-bond donors (Lipinski definition) is 1. The third-order valence-corrected chi connectivity index (χ3v) is 3.39. The Morgan fingerprint density at radius 3 is 2.94 bits per heavy atom. The molecule has 0 aliphatic rings. The Bertz CT molecular complexity index is 672. The molecule has 3 aromatic rings. The molecular formula is C12H11N5S. The normalized spacial score (nSPS) is 10.7. The van der Waals surface area contributed by atoms with Gasteiger partial charge in [-0.05, 0) is 46.5 Å². The Hall–Kier alpha value is -2.21. The number of tetrazole rings is 1. The Labute approximate surface area is 108 Å². The van der Waals surface area contributed by atoms with E-state index in [0.29, 0.717) is 11.5 Å². The van der Waals surface area contributed by atoms with Crippen molar-refractivity contribution in [2.75, 3.05) is 5.73 Å². The lowest BCUT2D eigenvalue weighted by Gasteiger charge is -2.06. The van der Waals surface area contributed by atoms with Crippen LogP contribution in [0.1, 0.15) is 5.56 Å². The largest absolute Gasteiger partial charge is 0.399 e. The summed E-state index contributed by atoms with van der Waals surface area (Å²) in [5.74, 6) is 0.707. The number of thiophene rings is 1. The minimum atomic E-state index is 0.704. The Balaban J connectivity index is 2.19. The van der Waals surface area contributed by atoms with Crippen LogP contribution in [0.2, 0.25) is 0 Å². The molecule has 18 heavy (non-hydrogen) atoms. The highest BCUT2D eigenvalue weighted by Crippen LogP contribution is 2.25. The number of rotatable bonds is 2. The number of benzene rings is 1. The van der Waals surface area contributed by atoms with Gasteiger partial charge in [0.25, 0.3) is 0 Å². The van der Waals surface area contributed by atoms with Gasteiger partial charge in [-0.3, -0.25) is 0 Å². The van der Waals surface area contributed by atoms with Crippen molar-refractivity contribution >= 4 is 17.0 Å². The van der Waals surface area contributed by atoms with Crippen molar-refractivity contribution in [1.82, 2.24) is 20.2 Å². The average Bonchev–Trinajstić information content (AvgIpc) is 3.00. The van der Waals surface area contributed by atoms with Crippen molar-refractivity contribution in [2.45, 2.75) is 6.92 Å². The quantitative estimate of drug-likeness (QED) is 0.715. The summed E-state index contributed by atoms with van der Waals surface area (Å²) in [4.78, 5) is 0. The van der Waals surface area contributed by atoms with E-state index in [1.165, 1.54) is 0 Å². The minimum absolute atomic E-state index is 0.704. The summed E-state index contributed by atoms with van der Waals surface area (Å²) in [6.45, 7) is 2.02. The van der Waals surface area contributed by atoms with Crippen LogP contribution in [-0.2, 0) is 0 Å². The lowest BCUT2D eigenvalue weighted by atomic mass is 10.1. The number of nitrogens with zero attached hydrogens (tertiary/aromatic N) is 4. The molecule has 2 heterocycles. The van der Waals surface area contributed by atoms with E-state index in [2.05, 4.69) is 15.5 Å². The van der Waals surface area contributed by atoms with E-state index in [4.69, 9.17) is 5.73 Å². The fourth-order valence-corrected chi connectivity index (χ4v) is 2.40. The van der Waals surface area contributed by atoms with Gasteiger partial charge in [0, 0.05) is 16.6 Å². The van der Waals surface area contributed by atoms with Gasteiger partial charge in [-0.1, -0.05) is 6.07 Å². The van der Waals surface area contributed by atoms with Gasteiger partial charge >= 0.3 is 0 Å². The van der Waals surface area contributed by atoms with Gasteiger partial charge in [-0.25, -0.2) is 0 Å². The van der Waals surface area contributed by atoms with Crippen LogP contribution in [-0.4, -0.2) is 20.2 Å². The van der Waals surface area contributed by atoms with E-state index in [0.717, 1.165) is 16.8 Å². The van der Waals surface area contributed by atoms with E-state index in [1.54, 1.807) is 16.0 Å². The highest BCUT2D eigenvalue weighted by atomic mass is 32.1. The molecule has 3 rings (SSSR count). The summed E-state index contributed by atoms with van der Waals surface area (Å²) < 4.78 is 1.72. The van der Waals surface area contributed by atoms with Gasteiger partial charge in [0.1, 0.15) is 0 Å². The topological polar surface area (TPSA) is 69.6 Å². The molecule has 0 atom stereocenters. The Morgan fingerprint density at radius 1 is 1.28 bits per heavy atom. The van der Waals surface area contributed by atoms with Crippen molar-refractivity contribution in [3.63, 3.8) is 0 Å². The third kappa shape index (κ3) is 1.76. The number of aromatic nitrogens is 4. The second-order valence-electron chi connectivity index (χ2n) is 3.97. The molecule has 0 radical (unpaired) electrons. The number of nitrogens with two attached hydrogens (primary N) is 1. The van der Waals surface area contributed by atoms with Crippen LogP contribution in [0.5, 0.6) is 0 Å². The van der Waals surface area contributed by atoms with Crippen LogP contribution in [0.4, 0.5) is 5.69 Å². The van der Waals surface area contributed by atoms with Crippen molar-refractivity contribution in [3.8, 4) is 17.1 Å². The third-order valence-electron chi connectivity index (χ3n) is 2.72. The first kappa shape index (κ1) is 10.9. The molecule has 6 heteroatoms. The summed E-state index contributed by atoms with van der Waals surface area (Å²) in [7, 11) is 0. The summed E-state index contributed by atoms with van der Waals surface area (Å²) >= 11 is 1.61. The molecule has 90 valence electrons. The minimum Gasteiger partial charge on any atom is -0.399 e. The predicted octanol–water partition coefficient (Wildman–Crippen LogP) is 2.28. The smallest absolute Gasteiger partial charge is 0.187 e. The van der Waals surface area contributed by atoms with Crippen LogP contribution >= 0.6 is 11.3 Å². The van der Waals surface area contributed by atoms with Gasteiger partial charge in [0.05, 0.1) is 5.69 Å². The molecule has 0 fully saturated rings. The SMILES string of the molecule is Cc1ccc(N)cc1-c1nnnn1-c1ccsc1. The van der Waals surface area contributed by atoms with E-state index in [-0.39, 0.29) is 0 Å². The molecular weight excluding hydrogens is 246 g/mol. The van der Waals surface area contributed by atoms with Crippen LogP contribution in [0.25, 0.3) is 17.1 Å². The molecule has 5 nitrogen and oxygen atoms in total.